The molecular formula is C20H18N2O3S. The highest BCUT2D eigenvalue weighted by atomic mass is 32.2. The molecule has 0 saturated carbocycles. The van der Waals surface area contributed by atoms with Gasteiger partial charge in [0.05, 0.1) is 10.6 Å². The smallest absolute Gasteiger partial charge is 0.261 e. The van der Waals surface area contributed by atoms with Gasteiger partial charge < -0.3 is 0 Å². The molecule has 1 heterocycles. The molecule has 0 amide bonds. The molecule has 0 aliphatic carbocycles. The lowest BCUT2D eigenvalue weighted by atomic mass is 9.98. The quantitative estimate of drug-likeness (QED) is 0.698. The average molecular weight is 366 g/mol. The molecule has 0 fully saturated rings. The lowest BCUT2D eigenvalue weighted by Crippen LogP contribution is -2.16. The molecule has 26 heavy (non-hydrogen) atoms. The van der Waals surface area contributed by atoms with Crippen LogP contribution in [0, 0.1) is 13.8 Å². The van der Waals surface area contributed by atoms with E-state index in [4.69, 9.17) is 0 Å². The first kappa shape index (κ1) is 17.8. The Balaban J connectivity index is 2.07. The monoisotopic (exact) mass is 366 g/mol. The molecule has 132 valence electrons. The van der Waals surface area contributed by atoms with Gasteiger partial charge in [-0.3, -0.25) is 14.5 Å². The summed E-state index contributed by atoms with van der Waals surface area (Å²) in [6.07, 6.45) is 3.04. The highest BCUT2D eigenvalue weighted by Gasteiger charge is 2.20. The Hall–Kier alpha value is -2.99. The van der Waals surface area contributed by atoms with Crippen LogP contribution in [-0.2, 0) is 10.0 Å². The second-order valence-corrected chi connectivity index (χ2v) is 7.65. The van der Waals surface area contributed by atoms with E-state index in [0.717, 1.165) is 11.1 Å². The molecule has 0 aliphatic rings. The van der Waals surface area contributed by atoms with Crippen LogP contribution in [0.3, 0.4) is 0 Å². The van der Waals surface area contributed by atoms with Gasteiger partial charge in [0.2, 0.25) is 0 Å². The fourth-order valence-corrected chi connectivity index (χ4v) is 3.64. The van der Waals surface area contributed by atoms with Crippen LogP contribution in [0.4, 0.5) is 5.69 Å². The van der Waals surface area contributed by atoms with Crippen LogP contribution < -0.4 is 4.72 Å². The predicted octanol–water partition coefficient (Wildman–Crippen LogP) is 3.73. The van der Waals surface area contributed by atoms with Gasteiger partial charge in [0.25, 0.3) is 10.0 Å². The van der Waals surface area contributed by atoms with Crippen LogP contribution in [0.15, 0.2) is 71.9 Å². The third kappa shape index (κ3) is 3.65. The van der Waals surface area contributed by atoms with E-state index >= 15 is 0 Å². The predicted molar refractivity (Wildman–Crippen MR) is 101 cm³/mol. The number of rotatable bonds is 5. The molecule has 2 aromatic carbocycles. The van der Waals surface area contributed by atoms with Gasteiger partial charge in [-0.1, -0.05) is 18.2 Å². The zero-order valence-electron chi connectivity index (χ0n) is 14.4. The number of nitrogens with zero attached hydrogens (tertiary/aromatic N) is 1. The molecule has 0 aliphatic heterocycles. The Morgan fingerprint density at radius 3 is 2.31 bits per heavy atom. The molecule has 6 heteroatoms. The number of sulfonamides is 1. The number of carbonyl (C=O) groups is 1. The SMILES string of the molecule is Cc1cc(NS(=O)(=O)c2ccccc2)c(C(=O)c2cccnc2)cc1C. The summed E-state index contributed by atoms with van der Waals surface area (Å²) in [4.78, 5) is 17.0. The van der Waals surface area contributed by atoms with Crippen LogP contribution in [0.1, 0.15) is 27.0 Å². The van der Waals surface area contributed by atoms with Crippen LogP contribution in [0.2, 0.25) is 0 Å². The second-order valence-electron chi connectivity index (χ2n) is 5.97. The van der Waals surface area contributed by atoms with Crippen molar-refractivity contribution in [3.05, 3.63) is 89.2 Å². The van der Waals surface area contributed by atoms with E-state index in [2.05, 4.69) is 9.71 Å². The zero-order valence-corrected chi connectivity index (χ0v) is 15.2. The van der Waals surface area contributed by atoms with E-state index in [1.54, 1.807) is 48.7 Å². The van der Waals surface area contributed by atoms with Gasteiger partial charge in [-0.05, 0) is 61.4 Å². The lowest BCUT2D eigenvalue weighted by Gasteiger charge is -2.14. The first-order valence-electron chi connectivity index (χ1n) is 8.02. The number of aromatic nitrogens is 1. The highest BCUT2D eigenvalue weighted by Crippen LogP contribution is 2.26. The summed E-state index contributed by atoms with van der Waals surface area (Å²) in [5, 5.41) is 0. The van der Waals surface area contributed by atoms with Gasteiger partial charge >= 0.3 is 0 Å². The molecule has 0 bridgehead atoms. The number of carbonyl (C=O) groups excluding carboxylic acids is 1. The van der Waals surface area contributed by atoms with Crippen molar-refractivity contribution in [3.8, 4) is 0 Å². The summed E-state index contributed by atoms with van der Waals surface area (Å²) in [7, 11) is -3.80. The van der Waals surface area contributed by atoms with E-state index in [1.165, 1.54) is 18.3 Å². The van der Waals surface area contributed by atoms with Crippen molar-refractivity contribution in [1.82, 2.24) is 4.98 Å². The number of pyridine rings is 1. The fraction of sp³-hybridized carbons (Fsp3) is 0.100. The third-order valence-corrected chi connectivity index (χ3v) is 5.48. The van der Waals surface area contributed by atoms with Crippen molar-refractivity contribution in [1.29, 1.82) is 0 Å². The highest BCUT2D eigenvalue weighted by molar-refractivity contribution is 7.92. The number of hydrogen-bond donors (Lipinski definition) is 1. The third-order valence-electron chi connectivity index (χ3n) is 4.10. The maximum Gasteiger partial charge on any atom is 0.261 e. The number of hydrogen-bond acceptors (Lipinski definition) is 4. The normalized spacial score (nSPS) is 11.2. The Labute approximate surface area is 152 Å². The van der Waals surface area contributed by atoms with Gasteiger partial charge in [0, 0.05) is 23.5 Å². The molecule has 3 aromatic rings. The first-order valence-corrected chi connectivity index (χ1v) is 9.50. The maximum atomic E-state index is 12.9. The molecule has 0 unspecified atom stereocenters. The number of nitrogens with one attached hydrogen (secondary N) is 1. The number of ketones is 1. The maximum absolute atomic E-state index is 12.9. The van der Waals surface area contributed by atoms with E-state index in [9.17, 15) is 13.2 Å². The summed E-state index contributed by atoms with van der Waals surface area (Å²) in [6.45, 7) is 3.75. The average Bonchev–Trinajstić information content (AvgIpc) is 2.65. The molecule has 0 saturated heterocycles. The minimum Gasteiger partial charge on any atom is -0.288 e. The summed E-state index contributed by atoms with van der Waals surface area (Å²) >= 11 is 0. The van der Waals surface area contributed by atoms with Crippen molar-refractivity contribution in [2.45, 2.75) is 18.7 Å². The van der Waals surface area contributed by atoms with Crippen LogP contribution in [-0.4, -0.2) is 19.2 Å². The standard InChI is InChI=1S/C20H18N2O3S/c1-14-11-18(20(23)16-7-6-10-21-13-16)19(12-15(14)2)22-26(24,25)17-8-4-3-5-9-17/h3-13,22H,1-2H3. The van der Waals surface area contributed by atoms with Gasteiger partial charge in [0.15, 0.2) is 5.78 Å². The lowest BCUT2D eigenvalue weighted by molar-refractivity contribution is 0.103. The van der Waals surface area contributed by atoms with E-state index < -0.39 is 10.0 Å². The van der Waals surface area contributed by atoms with E-state index in [0.29, 0.717) is 11.1 Å². The Morgan fingerprint density at radius 1 is 0.962 bits per heavy atom. The number of benzene rings is 2. The molecule has 0 spiro atoms. The minimum atomic E-state index is -3.80. The summed E-state index contributed by atoms with van der Waals surface area (Å²) in [5.74, 6) is -0.285. The molecular weight excluding hydrogens is 348 g/mol. The molecule has 0 atom stereocenters. The van der Waals surface area contributed by atoms with Crippen molar-refractivity contribution < 1.29 is 13.2 Å². The molecule has 1 aromatic heterocycles. The van der Waals surface area contributed by atoms with E-state index in [1.807, 2.05) is 13.8 Å². The van der Waals surface area contributed by atoms with E-state index in [-0.39, 0.29) is 16.4 Å². The second kappa shape index (κ2) is 7.09. The van der Waals surface area contributed by atoms with Gasteiger partial charge in [-0.15, -0.1) is 0 Å². The molecule has 0 radical (unpaired) electrons. The minimum absolute atomic E-state index is 0.137. The van der Waals surface area contributed by atoms with Crippen molar-refractivity contribution >= 4 is 21.5 Å². The zero-order chi connectivity index (χ0) is 18.7. The van der Waals surface area contributed by atoms with Crippen molar-refractivity contribution in [3.63, 3.8) is 0 Å². The summed E-state index contributed by atoms with van der Waals surface area (Å²) in [5.41, 5.74) is 2.74. The summed E-state index contributed by atoms with van der Waals surface area (Å²) in [6, 6.07) is 14.8. The Morgan fingerprint density at radius 2 is 1.65 bits per heavy atom. The molecule has 3 rings (SSSR count). The van der Waals surface area contributed by atoms with Gasteiger partial charge in [-0.25, -0.2) is 8.42 Å². The van der Waals surface area contributed by atoms with Crippen LogP contribution >= 0.6 is 0 Å². The van der Waals surface area contributed by atoms with Crippen LogP contribution in [0.25, 0.3) is 0 Å². The van der Waals surface area contributed by atoms with Gasteiger partial charge in [-0.2, -0.15) is 0 Å². The van der Waals surface area contributed by atoms with Crippen molar-refractivity contribution in [2.75, 3.05) is 4.72 Å². The summed E-state index contributed by atoms with van der Waals surface area (Å²) < 4.78 is 27.9. The molecule has 5 nitrogen and oxygen atoms in total. The Bertz CT molecular complexity index is 1050. The van der Waals surface area contributed by atoms with Crippen LogP contribution in [0.5, 0.6) is 0 Å². The largest absolute Gasteiger partial charge is 0.288 e. The molecule has 1 N–H and O–H groups in total. The first-order chi connectivity index (χ1) is 12.4. The number of aryl methyl sites for hydroxylation is 2. The topological polar surface area (TPSA) is 76.1 Å². The Kier molecular flexibility index (Phi) is 4.86. The fourth-order valence-electron chi connectivity index (χ4n) is 2.54. The van der Waals surface area contributed by atoms with Crippen molar-refractivity contribution in [2.24, 2.45) is 0 Å². The number of anilines is 1. The van der Waals surface area contributed by atoms with Gasteiger partial charge in [0.1, 0.15) is 0 Å².